The van der Waals surface area contributed by atoms with Gasteiger partial charge in [-0.15, -0.1) is 0 Å². The van der Waals surface area contributed by atoms with Crippen molar-refractivity contribution in [1.82, 2.24) is 20.3 Å². The minimum absolute atomic E-state index is 0.000712. The van der Waals surface area contributed by atoms with Gasteiger partial charge in [0.25, 0.3) is 0 Å². The summed E-state index contributed by atoms with van der Waals surface area (Å²) in [4.78, 5) is 8.04. The summed E-state index contributed by atoms with van der Waals surface area (Å²) < 4.78 is 96.5. The van der Waals surface area contributed by atoms with E-state index in [0.717, 1.165) is 12.1 Å². The summed E-state index contributed by atoms with van der Waals surface area (Å²) in [6.07, 6.45) is -10.1. The molecule has 0 amide bonds. The highest BCUT2D eigenvalue weighted by Crippen LogP contribution is 2.38. The number of rotatable bonds is 4. The van der Waals surface area contributed by atoms with Crippen molar-refractivity contribution < 1.29 is 35.4 Å². The molecule has 0 spiro atoms. The van der Waals surface area contributed by atoms with Gasteiger partial charge >= 0.3 is 12.4 Å². The maximum Gasteiger partial charge on any atom is 0.416 e. The number of fused-ring (bicyclic) bond motifs is 1. The van der Waals surface area contributed by atoms with Crippen LogP contribution in [0.15, 0.2) is 47.1 Å². The monoisotopic (exact) mass is 458 g/mol. The highest BCUT2D eigenvalue weighted by Gasteiger charge is 2.37. The van der Waals surface area contributed by atoms with Crippen LogP contribution >= 0.6 is 0 Å². The topological polar surface area (TPSA) is 88.8 Å². The first-order valence-corrected chi connectivity index (χ1v) is 8.58. The van der Waals surface area contributed by atoms with Gasteiger partial charge in [-0.05, 0) is 52.8 Å². The summed E-state index contributed by atoms with van der Waals surface area (Å²) in [5.41, 5.74) is -3.51. The van der Waals surface area contributed by atoms with Crippen LogP contribution in [0.3, 0.4) is 0 Å². The highest BCUT2D eigenvalue weighted by molar-refractivity contribution is 5.79. The fourth-order valence-electron chi connectivity index (χ4n) is 2.65. The molecular formula is C18H9F7N6O. The molecule has 7 nitrogen and oxygen atoms in total. The zero-order chi connectivity index (χ0) is 23.1. The first-order chi connectivity index (χ1) is 15.0. The summed E-state index contributed by atoms with van der Waals surface area (Å²) in [5.74, 6) is -0.935. The van der Waals surface area contributed by atoms with Crippen molar-refractivity contribution in [2.45, 2.75) is 12.4 Å². The predicted molar refractivity (Wildman–Crippen MR) is 96.8 cm³/mol. The standard InChI is InChI=1S/C18H9F7N6O/c19-10-1-3-11(4-2-10)26-13-14(29-16-15(28-13)30-32-31-16)27-12-6-8(17(20,21)22)5-9(7-12)18(23,24)25/h1-7H,(H,26,28,30)(H,27,29,31). The fraction of sp³-hybridized carbons (Fsp3) is 0.111. The van der Waals surface area contributed by atoms with E-state index >= 15 is 0 Å². The molecule has 4 aromatic rings. The van der Waals surface area contributed by atoms with Gasteiger partial charge in [-0.25, -0.2) is 19.0 Å². The minimum atomic E-state index is -5.03. The molecule has 32 heavy (non-hydrogen) atoms. The molecule has 0 atom stereocenters. The third kappa shape index (κ3) is 4.53. The molecule has 0 unspecified atom stereocenters. The summed E-state index contributed by atoms with van der Waals surface area (Å²) in [6, 6.07) is 5.89. The zero-order valence-electron chi connectivity index (χ0n) is 15.4. The molecule has 0 aliphatic carbocycles. The van der Waals surface area contributed by atoms with Crippen LogP contribution in [0.25, 0.3) is 11.3 Å². The average molecular weight is 458 g/mol. The van der Waals surface area contributed by atoms with Gasteiger partial charge in [0.05, 0.1) is 11.1 Å². The molecule has 0 aliphatic rings. The van der Waals surface area contributed by atoms with Crippen molar-refractivity contribution in [3.63, 3.8) is 0 Å². The van der Waals surface area contributed by atoms with Gasteiger partial charge in [0.1, 0.15) is 5.82 Å². The van der Waals surface area contributed by atoms with E-state index in [1.165, 1.54) is 12.1 Å². The van der Waals surface area contributed by atoms with Gasteiger partial charge in [0.15, 0.2) is 11.6 Å². The lowest BCUT2D eigenvalue weighted by Gasteiger charge is -2.16. The Morgan fingerprint density at radius 3 is 1.59 bits per heavy atom. The van der Waals surface area contributed by atoms with Crippen molar-refractivity contribution in [2.75, 3.05) is 10.6 Å². The van der Waals surface area contributed by atoms with Crippen LogP contribution in [0.4, 0.5) is 53.7 Å². The number of halogens is 7. The van der Waals surface area contributed by atoms with Gasteiger partial charge in [0.2, 0.25) is 11.3 Å². The summed E-state index contributed by atoms with van der Waals surface area (Å²) in [5, 5.41) is 12.1. The Morgan fingerprint density at radius 2 is 1.12 bits per heavy atom. The van der Waals surface area contributed by atoms with E-state index in [1.807, 2.05) is 0 Å². The number of nitrogens with one attached hydrogen (secondary N) is 2. The van der Waals surface area contributed by atoms with Gasteiger partial charge in [-0.3, -0.25) is 0 Å². The van der Waals surface area contributed by atoms with Crippen molar-refractivity contribution in [3.05, 3.63) is 59.4 Å². The Balaban J connectivity index is 1.78. The molecule has 4 rings (SSSR count). The lowest BCUT2D eigenvalue weighted by molar-refractivity contribution is -0.143. The summed E-state index contributed by atoms with van der Waals surface area (Å²) in [6.45, 7) is 0. The van der Waals surface area contributed by atoms with Crippen LogP contribution in [-0.4, -0.2) is 20.3 Å². The Labute approximate surface area is 173 Å². The van der Waals surface area contributed by atoms with E-state index in [-0.39, 0.29) is 29.0 Å². The molecule has 2 N–H and O–H groups in total. The zero-order valence-corrected chi connectivity index (χ0v) is 15.4. The van der Waals surface area contributed by atoms with Crippen molar-refractivity contribution in [1.29, 1.82) is 0 Å². The molecule has 2 aromatic carbocycles. The quantitative estimate of drug-likeness (QED) is 0.381. The molecule has 0 radical (unpaired) electrons. The minimum Gasteiger partial charge on any atom is -0.337 e. The highest BCUT2D eigenvalue weighted by atomic mass is 19.4. The van der Waals surface area contributed by atoms with Crippen LogP contribution in [-0.2, 0) is 12.4 Å². The predicted octanol–water partition coefficient (Wildman–Crippen LogP) is 5.68. The van der Waals surface area contributed by atoms with E-state index in [0.29, 0.717) is 17.8 Å². The normalized spacial score (nSPS) is 12.2. The smallest absolute Gasteiger partial charge is 0.337 e. The molecule has 0 saturated carbocycles. The van der Waals surface area contributed by atoms with E-state index in [2.05, 4.69) is 35.5 Å². The lowest BCUT2D eigenvalue weighted by atomic mass is 10.1. The van der Waals surface area contributed by atoms with Crippen LogP contribution in [0.2, 0.25) is 0 Å². The summed E-state index contributed by atoms with van der Waals surface area (Å²) >= 11 is 0. The maximum absolute atomic E-state index is 13.1. The Kier molecular flexibility index (Phi) is 5.06. The van der Waals surface area contributed by atoms with Crippen LogP contribution in [0, 0.1) is 5.82 Å². The average Bonchev–Trinajstić information content (AvgIpc) is 3.15. The molecule has 0 fully saturated rings. The Hall–Kier alpha value is -3.97. The van der Waals surface area contributed by atoms with Crippen molar-refractivity contribution in [2.24, 2.45) is 0 Å². The first-order valence-electron chi connectivity index (χ1n) is 8.58. The first kappa shape index (κ1) is 21.3. The van der Waals surface area contributed by atoms with Gasteiger partial charge in [0, 0.05) is 11.4 Å². The number of nitrogens with zero attached hydrogens (tertiary/aromatic N) is 4. The van der Waals surface area contributed by atoms with Crippen LogP contribution in [0.1, 0.15) is 11.1 Å². The van der Waals surface area contributed by atoms with Gasteiger partial charge < -0.3 is 10.6 Å². The maximum atomic E-state index is 13.1. The second-order valence-corrected chi connectivity index (χ2v) is 6.38. The molecule has 0 aliphatic heterocycles. The third-order valence-corrected chi connectivity index (χ3v) is 4.07. The van der Waals surface area contributed by atoms with Crippen molar-refractivity contribution >= 4 is 34.3 Å². The molecule has 0 saturated heterocycles. The molecule has 166 valence electrons. The number of anilines is 4. The third-order valence-electron chi connectivity index (χ3n) is 4.07. The lowest BCUT2D eigenvalue weighted by Crippen LogP contribution is -2.12. The second kappa shape index (κ2) is 7.62. The van der Waals surface area contributed by atoms with Gasteiger partial charge in [-0.1, -0.05) is 0 Å². The number of hydrogen-bond acceptors (Lipinski definition) is 7. The van der Waals surface area contributed by atoms with Crippen molar-refractivity contribution in [3.8, 4) is 0 Å². The molecule has 2 heterocycles. The van der Waals surface area contributed by atoms with E-state index in [9.17, 15) is 30.7 Å². The molecular weight excluding hydrogens is 449 g/mol. The molecule has 2 aromatic heterocycles. The number of hydrogen-bond donors (Lipinski definition) is 2. The molecule has 0 bridgehead atoms. The summed E-state index contributed by atoms with van der Waals surface area (Å²) in [7, 11) is 0. The van der Waals surface area contributed by atoms with Crippen LogP contribution < -0.4 is 10.6 Å². The van der Waals surface area contributed by atoms with Gasteiger partial charge in [-0.2, -0.15) is 26.3 Å². The Morgan fingerprint density at radius 1 is 0.656 bits per heavy atom. The number of alkyl halides is 6. The largest absolute Gasteiger partial charge is 0.416 e. The van der Waals surface area contributed by atoms with E-state index < -0.39 is 35.0 Å². The Bertz CT molecular complexity index is 1240. The van der Waals surface area contributed by atoms with E-state index in [4.69, 9.17) is 0 Å². The SMILES string of the molecule is Fc1ccc(Nc2nc3nonc3nc2Nc2cc(C(F)(F)F)cc(C(F)(F)F)c2)cc1. The molecule has 14 heteroatoms. The second-order valence-electron chi connectivity index (χ2n) is 6.38. The fourth-order valence-corrected chi connectivity index (χ4v) is 2.65. The number of aromatic nitrogens is 4. The van der Waals surface area contributed by atoms with Crippen LogP contribution in [0.5, 0.6) is 0 Å². The van der Waals surface area contributed by atoms with E-state index in [1.54, 1.807) is 0 Å². The number of benzene rings is 2.